The maximum atomic E-state index is 11.8. The van der Waals surface area contributed by atoms with Gasteiger partial charge in [-0.25, -0.2) is 0 Å². The van der Waals surface area contributed by atoms with E-state index < -0.39 is 0 Å². The number of carbonyl (C=O) groups excluding carboxylic acids is 1. The van der Waals surface area contributed by atoms with Crippen molar-refractivity contribution < 1.29 is 4.79 Å². The lowest BCUT2D eigenvalue weighted by Gasteiger charge is -2.24. The second-order valence-electron chi connectivity index (χ2n) is 4.19. The maximum Gasteiger partial charge on any atom is 0.230 e. The van der Waals surface area contributed by atoms with E-state index >= 15 is 0 Å². The zero-order chi connectivity index (χ0) is 10.4. The number of carbonyl (C=O) groups is 1. The molecule has 0 radical (unpaired) electrons. The van der Waals surface area contributed by atoms with Crippen LogP contribution in [0.3, 0.4) is 0 Å². The van der Waals surface area contributed by atoms with Crippen molar-refractivity contribution in [2.24, 2.45) is 5.92 Å². The summed E-state index contributed by atoms with van der Waals surface area (Å²) in [4.78, 5) is 13.6. The molecule has 1 aliphatic carbocycles. The van der Waals surface area contributed by atoms with E-state index in [9.17, 15) is 4.79 Å². The van der Waals surface area contributed by atoms with Gasteiger partial charge in [0.05, 0.1) is 11.6 Å². The van der Waals surface area contributed by atoms with Gasteiger partial charge in [0.25, 0.3) is 0 Å². The summed E-state index contributed by atoms with van der Waals surface area (Å²) in [6, 6.07) is 9.73. The molecule has 1 saturated carbocycles. The van der Waals surface area contributed by atoms with Crippen LogP contribution in [0.25, 0.3) is 0 Å². The summed E-state index contributed by atoms with van der Waals surface area (Å²) < 4.78 is 0. The van der Waals surface area contributed by atoms with Crippen LogP contribution < -0.4 is 4.90 Å². The molecule has 2 bridgehead atoms. The van der Waals surface area contributed by atoms with Crippen molar-refractivity contribution in [1.82, 2.24) is 0 Å². The van der Waals surface area contributed by atoms with Gasteiger partial charge in [-0.15, -0.1) is 0 Å². The summed E-state index contributed by atoms with van der Waals surface area (Å²) in [5.41, 5.74) is 1.57. The lowest BCUT2D eigenvalue weighted by molar-refractivity contribution is -0.119. The molecule has 0 N–H and O–H groups in total. The van der Waals surface area contributed by atoms with Crippen LogP contribution in [0.1, 0.15) is 18.4 Å². The van der Waals surface area contributed by atoms with Crippen LogP contribution in [-0.4, -0.2) is 11.9 Å². The quantitative estimate of drug-likeness (QED) is 0.689. The summed E-state index contributed by atoms with van der Waals surface area (Å²) in [5.74, 6) is 0.523. The average molecular weight is 198 g/mol. The van der Waals surface area contributed by atoms with Gasteiger partial charge < -0.3 is 4.90 Å². The van der Waals surface area contributed by atoms with Gasteiger partial charge >= 0.3 is 0 Å². The highest BCUT2D eigenvalue weighted by molar-refractivity contribution is 6.00. The molecule has 74 valence electrons. The smallest absolute Gasteiger partial charge is 0.230 e. The molecule has 1 amide bonds. The van der Waals surface area contributed by atoms with E-state index in [4.69, 9.17) is 5.26 Å². The number of benzene rings is 1. The van der Waals surface area contributed by atoms with Crippen LogP contribution in [0.15, 0.2) is 24.3 Å². The van der Waals surface area contributed by atoms with E-state index in [0.717, 1.165) is 18.5 Å². The van der Waals surface area contributed by atoms with Crippen LogP contribution in [0.5, 0.6) is 0 Å². The second kappa shape index (κ2) is 2.83. The summed E-state index contributed by atoms with van der Waals surface area (Å²) in [6.07, 6.45) is 2.03. The van der Waals surface area contributed by atoms with Crippen molar-refractivity contribution in [2.45, 2.75) is 18.9 Å². The van der Waals surface area contributed by atoms with Crippen LogP contribution in [0.2, 0.25) is 0 Å². The van der Waals surface area contributed by atoms with E-state index in [2.05, 4.69) is 6.07 Å². The molecule has 2 heterocycles. The van der Waals surface area contributed by atoms with Crippen molar-refractivity contribution in [3.8, 4) is 6.07 Å². The van der Waals surface area contributed by atoms with Gasteiger partial charge in [-0.2, -0.15) is 5.26 Å². The van der Waals surface area contributed by atoms with Gasteiger partial charge in [0.2, 0.25) is 5.91 Å². The van der Waals surface area contributed by atoms with Crippen molar-refractivity contribution in [1.29, 1.82) is 5.26 Å². The number of nitriles is 1. The highest BCUT2D eigenvalue weighted by atomic mass is 16.2. The van der Waals surface area contributed by atoms with Crippen molar-refractivity contribution in [2.75, 3.05) is 4.90 Å². The zero-order valence-electron chi connectivity index (χ0n) is 8.18. The third kappa shape index (κ3) is 1.08. The van der Waals surface area contributed by atoms with Crippen LogP contribution in [-0.2, 0) is 4.79 Å². The first-order valence-corrected chi connectivity index (χ1v) is 5.13. The lowest BCUT2D eigenvalue weighted by Crippen LogP contribution is -2.29. The molecule has 2 saturated heterocycles. The van der Waals surface area contributed by atoms with E-state index in [1.807, 2.05) is 17.0 Å². The molecule has 4 rings (SSSR count). The SMILES string of the molecule is N#Cc1ccc(N2C(=O)C3CC2C3)cc1. The summed E-state index contributed by atoms with van der Waals surface area (Å²) in [7, 11) is 0. The van der Waals surface area contributed by atoms with Crippen molar-refractivity contribution in [3.63, 3.8) is 0 Å². The maximum absolute atomic E-state index is 11.8. The average Bonchev–Trinajstić information content (AvgIpc) is 2.69. The van der Waals surface area contributed by atoms with Gasteiger partial charge in [-0.05, 0) is 37.1 Å². The third-order valence-corrected chi connectivity index (χ3v) is 3.34. The Balaban J connectivity index is 1.94. The number of amides is 1. The van der Waals surface area contributed by atoms with Gasteiger partial charge in [-0.3, -0.25) is 4.79 Å². The Kier molecular flexibility index (Phi) is 1.60. The Hall–Kier alpha value is -1.82. The number of rotatable bonds is 1. The first-order chi connectivity index (χ1) is 7.29. The van der Waals surface area contributed by atoms with Crippen molar-refractivity contribution >= 4 is 11.6 Å². The monoisotopic (exact) mass is 198 g/mol. The predicted molar refractivity (Wildman–Crippen MR) is 55.2 cm³/mol. The minimum Gasteiger partial charge on any atom is -0.309 e. The highest BCUT2D eigenvalue weighted by Gasteiger charge is 2.50. The molecule has 3 aliphatic rings. The molecular weight excluding hydrogens is 188 g/mol. The number of anilines is 1. The molecule has 3 nitrogen and oxygen atoms in total. The fourth-order valence-corrected chi connectivity index (χ4v) is 2.41. The number of hydrogen-bond donors (Lipinski definition) is 0. The molecule has 3 fully saturated rings. The third-order valence-electron chi connectivity index (χ3n) is 3.34. The van der Waals surface area contributed by atoms with E-state index in [1.54, 1.807) is 12.1 Å². The molecule has 1 aromatic carbocycles. The van der Waals surface area contributed by atoms with Gasteiger partial charge in [0, 0.05) is 17.6 Å². The second-order valence-corrected chi connectivity index (χ2v) is 4.19. The first-order valence-electron chi connectivity index (χ1n) is 5.13. The van der Waals surface area contributed by atoms with Gasteiger partial charge in [-0.1, -0.05) is 0 Å². The highest BCUT2D eigenvalue weighted by Crippen LogP contribution is 2.44. The molecule has 0 spiro atoms. The molecular formula is C12H10N2O. The Morgan fingerprint density at radius 1 is 1.27 bits per heavy atom. The van der Waals surface area contributed by atoms with E-state index in [1.165, 1.54) is 0 Å². The van der Waals surface area contributed by atoms with Crippen LogP contribution >= 0.6 is 0 Å². The number of fused-ring (bicyclic) bond motifs is 1. The Morgan fingerprint density at radius 2 is 1.93 bits per heavy atom. The normalized spacial score (nSPS) is 27.4. The topological polar surface area (TPSA) is 44.1 Å². The zero-order valence-corrected chi connectivity index (χ0v) is 8.18. The fourth-order valence-electron chi connectivity index (χ4n) is 2.41. The molecule has 2 aliphatic heterocycles. The summed E-state index contributed by atoms with van der Waals surface area (Å²) in [6.45, 7) is 0. The standard InChI is InChI=1S/C12H10N2O/c13-7-8-1-3-10(4-2-8)14-11-5-9(6-11)12(14)15/h1-4,9,11H,5-6H2. The molecule has 1 aromatic rings. The van der Waals surface area contributed by atoms with Crippen LogP contribution in [0.4, 0.5) is 5.69 Å². The molecule has 3 heteroatoms. The van der Waals surface area contributed by atoms with E-state index in [0.29, 0.717) is 11.6 Å². The molecule has 0 unspecified atom stereocenters. The molecule has 0 atom stereocenters. The Morgan fingerprint density at radius 3 is 2.40 bits per heavy atom. The summed E-state index contributed by atoms with van der Waals surface area (Å²) >= 11 is 0. The lowest BCUT2D eigenvalue weighted by atomic mass is 9.86. The number of nitrogens with zero attached hydrogens (tertiary/aromatic N) is 2. The fraction of sp³-hybridized carbons (Fsp3) is 0.333. The number of hydrogen-bond acceptors (Lipinski definition) is 2. The Labute approximate surface area is 87.9 Å². The largest absolute Gasteiger partial charge is 0.309 e. The first kappa shape index (κ1) is 8.49. The minimum absolute atomic E-state index is 0.254. The molecule has 15 heavy (non-hydrogen) atoms. The van der Waals surface area contributed by atoms with Crippen molar-refractivity contribution in [3.05, 3.63) is 29.8 Å². The molecule has 0 aromatic heterocycles. The van der Waals surface area contributed by atoms with E-state index in [-0.39, 0.29) is 11.8 Å². The Bertz CT molecular complexity index is 452. The minimum atomic E-state index is 0.254. The van der Waals surface area contributed by atoms with Gasteiger partial charge in [0.15, 0.2) is 0 Å². The van der Waals surface area contributed by atoms with Gasteiger partial charge in [0.1, 0.15) is 0 Å². The van der Waals surface area contributed by atoms with Crippen LogP contribution in [0, 0.1) is 17.2 Å². The predicted octanol–water partition coefficient (Wildman–Crippen LogP) is 1.68. The summed E-state index contributed by atoms with van der Waals surface area (Å²) in [5, 5.41) is 8.68.